The zero-order valence-electron chi connectivity index (χ0n) is 17.1. The number of likely N-dealkylation sites (tertiary alicyclic amines) is 2. The second-order valence-electron chi connectivity index (χ2n) is 8.10. The van der Waals surface area contributed by atoms with Crippen molar-refractivity contribution in [3.8, 4) is 5.75 Å². The average molecular weight is 427 g/mol. The summed E-state index contributed by atoms with van der Waals surface area (Å²) in [5.41, 5.74) is 1.38. The van der Waals surface area contributed by atoms with Crippen molar-refractivity contribution in [1.29, 1.82) is 0 Å². The van der Waals surface area contributed by atoms with E-state index in [1.165, 1.54) is 0 Å². The summed E-state index contributed by atoms with van der Waals surface area (Å²) in [6.45, 7) is 3.72. The standard InChI is InChI=1S/C24H27ClN2O3/c25-21-9-5-19(6-10-21)24(29)27-15-3-4-18(16-27)17-30-22-11-7-20(8-12-22)23(28)26-13-1-2-14-26/h5-12,18H,1-4,13-17H2/t18-/m0/s1. The lowest BCUT2D eigenvalue weighted by Crippen LogP contribution is -2.41. The molecule has 2 amide bonds. The third-order valence-corrected chi connectivity index (χ3v) is 6.13. The zero-order valence-corrected chi connectivity index (χ0v) is 17.8. The van der Waals surface area contributed by atoms with Crippen LogP contribution in [0.25, 0.3) is 0 Å². The Hall–Kier alpha value is -2.53. The van der Waals surface area contributed by atoms with Gasteiger partial charge < -0.3 is 14.5 Å². The number of carbonyl (C=O) groups excluding carboxylic acids is 2. The molecule has 2 aliphatic rings. The Morgan fingerprint density at radius 1 is 0.833 bits per heavy atom. The summed E-state index contributed by atoms with van der Waals surface area (Å²) >= 11 is 5.92. The molecule has 0 bridgehead atoms. The van der Waals surface area contributed by atoms with Crippen molar-refractivity contribution < 1.29 is 14.3 Å². The maximum Gasteiger partial charge on any atom is 0.253 e. The van der Waals surface area contributed by atoms with Crippen molar-refractivity contribution in [2.24, 2.45) is 5.92 Å². The predicted octanol–water partition coefficient (Wildman–Crippen LogP) is 4.51. The highest BCUT2D eigenvalue weighted by Crippen LogP contribution is 2.22. The molecule has 0 saturated carbocycles. The van der Waals surface area contributed by atoms with E-state index in [-0.39, 0.29) is 11.8 Å². The maximum absolute atomic E-state index is 12.7. The van der Waals surface area contributed by atoms with Crippen molar-refractivity contribution in [2.45, 2.75) is 25.7 Å². The van der Waals surface area contributed by atoms with Crippen molar-refractivity contribution in [1.82, 2.24) is 9.80 Å². The zero-order chi connectivity index (χ0) is 20.9. The van der Waals surface area contributed by atoms with Crippen molar-refractivity contribution >= 4 is 23.4 Å². The first-order valence-corrected chi connectivity index (χ1v) is 11.0. The molecule has 2 saturated heterocycles. The van der Waals surface area contributed by atoms with Gasteiger partial charge in [0.15, 0.2) is 0 Å². The highest BCUT2D eigenvalue weighted by molar-refractivity contribution is 6.30. The third kappa shape index (κ3) is 4.96. The van der Waals surface area contributed by atoms with Gasteiger partial charge in [-0.05, 0) is 74.2 Å². The van der Waals surface area contributed by atoms with Gasteiger partial charge in [0.05, 0.1) is 6.61 Å². The Kier molecular flexibility index (Phi) is 6.58. The largest absolute Gasteiger partial charge is 0.493 e. The van der Waals surface area contributed by atoms with Crippen molar-refractivity contribution in [2.75, 3.05) is 32.8 Å². The van der Waals surface area contributed by atoms with E-state index in [1.807, 2.05) is 34.1 Å². The average Bonchev–Trinajstić information content (AvgIpc) is 3.33. The lowest BCUT2D eigenvalue weighted by molar-refractivity contribution is 0.0633. The number of halogens is 1. The highest BCUT2D eigenvalue weighted by Gasteiger charge is 2.25. The number of nitrogens with zero attached hydrogens (tertiary/aromatic N) is 2. The van der Waals surface area contributed by atoms with Gasteiger partial charge in [-0.15, -0.1) is 0 Å². The molecule has 30 heavy (non-hydrogen) atoms. The van der Waals surface area contributed by atoms with Gasteiger partial charge in [-0.1, -0.05) is 11.6 Å². The Bertz CT molecular complexity index is 876. The van der Waals surface area contributed by atoms with Crippen LogP contribution in [0.3, 0.4) is 0 Å². The summed E-state index contributed by atoms with van der Waals surface area (Å²) in [6, 6.07) is 14.5. The van der Waals surface area contributed by atoms with Crippen LogP contribution in [0.1, 0.15) is 46.4 Å². The molecular formula is C24H27ClN2O3. The fraction of sp³-hybridized carbons (Fsp3) is 0.417. The lowest BCUT2D eigenvalue weighted by atomic mass is 9.98. The van der Waals surface area contributed by atoms with E-state index < -0.39 is 0 Å². The molecular weight excluding hydrogens is 400 g/mol. The van der Waals surface area contributed by atoms with Crippen LogP contribution < -0.4 is 4.74 Å². The smallest absolute Gasteiger partial charge is 0.253 e. The van der Waals surface area contributed by atoms with Crippen LogP contribution in [-0.4, -0.2) is 54.4 Å². The van der Waals surface area contributed by atoms with E-state index in [4.69, 9.17) is 16.3 Å². The molecule has 5 nitrogen and oxygen atoms in total. The highest BCUT2D eigenvalue weighted by atomic mass is 35.5. The number of ether oxygens (including phenoxy) is 1. The summed E-state index contributed by atoms with van der Waals surface area (Å²) in [7, 11) is 0. The Morgan fingerprint density at radius 3 is 2.07 bits per heavy atom. The SMILES string of the molecule is O=C(c1ccc(OC[C@H]2CCCN(C(=O)c3ccc(Cl)cc3)C2)cc1)N1CCCC1. The summed E-state index contributed by atoms with van der Waals surface area (Å²) in [5, 5.41) is 0.629. The molecule has 2 aliphatic heterocycles. The fourth-order valence-electron chi connectivity index (χ4n) is 4.17. The van der Waals surface area contributed by atoms with Crippen LogP contribution in [-0.2, 0) is 0 Å². The minimum atomic E-state index is 0.0427. The molecule has 2 fully saturated rings. The second kappa shape index (κ2) is 9.52. The van der Waals surface area contributed by atoms with Crippen molar-refractivity contribution in [3.05, 3.63) is 64.7 Å². The Labute approximate surface area is 182 Å². The molecule has 0 unspecified atom stereocenters. The first kappa shape index (κ1) is 20.7. The molecule has 4 rings (SSSR count). The van der Waals surface area contributed by atoms with Crippen molar-refractivity contribution in [3.63, 3.8) is 0 Å². The topological polar surface area (TPSA) is 49.9 Å². The number of amides is 2. The molecule has 2 heterocycles. The van der Waals surface area contributed by atoms with Crippen LogP contribution in [0.2, 0.25) is 5.02 Å². The van der Waals surface area contributed by atoms with Gasteiger partial charge in [-0.25, -0.2) is 0 Å². The molecule has 2 aromatic rings. The van der Waals surface area contributed by atoms with E-state index in [1.54, 1.807) is 24.3 Å². The van der Waals surface area contributed by atoms with Gasteiger partial charge in [-0.2, -0.15) is 0 Å². The van der Waals surface area contributed by atoms with E-state index in [0.29, 0.717) is 35.2 Å². The molecule has 1 atom stereocenters. The van der Waals surface area contributed by atoms with Crippen LogP contribution >= 0.6 is 11.6 Å². The number of hydrogen-bond donors (Lipinski definition) is 0. The molecule has 0 radical (unpaired) electrons. The van der Waals surface area contributed by atoms with E-state index in [2.05, 4.69) is 0 Å². The first-order valence-electron chi connectivity index (χ1n) is 10.7. The molecule has 158 valence electrons. The quantitative estimate of drug-likeness (QED) is 0.706. The Morgan fingerprint density at radius 2 is 1.40 bits per heavy atom. The van der Waals surface area contributed by atoms with E-state index in [0.717, 1.165) is 51.1 Å². The van der Waals surface area contributed by atoms with E-state index >= 15 is 0 Å². The summed E-state index contributed by atoms with van der Waals surface area (Å²) in [4.78, 5) is 29.0. The molecule has 6 heteroatoms. The van der Waals surface area contributed by atoms with Gasteiger partial charge in [0.1, 0.15) is 5.75 Å². The predicted molar refractivity (Wildman–Crippen MR) is 117 cm³/mol. The minimum Gasteiger partial charge on any atom is -0.493 e. The number of rotatable bonds is 5. The summed E-state index contributed by atoms with van der Waals surface area (Å²) < 4.78 is 5.97. The number of carbonyl (C=O) groups is 2. The summed E-state index contributed by atoms with van der Waals surface area (Å²) in [5.74, 6) is 1.19. The van der Waals surface area contributed by atoms with Gasteiger partial charge in [0.25, 0.3) is 11.8 Å². The third-order valence-electron chi connectivity index (χ3n) is 5.88. The number of hydrogen-bond acceptors (Lipinski definition) is 3. The van der Waals surface area contributed by atoms with Gasteiger partial charge >= 0.3 is 0 Å². The number of benzene rings is 2. The van der Waals surface area contributed by atoms with Gasteiger partial charge in [0.2, 0.25) is 0 Å². The van der Waals surface area contributed by atoms with Crippen LogP contribution in [0.4, 0.5) is 0 Å². The van der Waals surface area contributed by atoms with Gasteiger partial charge in [-0.3, -0.25) is 9.59 Å². The Balaban J connectivity index is 1.29. The maximum atomic E-state index is 12.7. The lowest BCUT2D eigenvalue weighted by Gasteiger charge is -2.32. The van der Waals surface area contributed by atoms with E-state index in [9.17, 15) is 9.59 Å². The first-order chi connectivity index (χ1) is 14.6. The van der Waals surface area contributed by atoms with Crippen LogP contribution in [0.5, 0.6) is 5.75 Å². The van der Waals surface area contributed by atoms with Crippen LogP contribution in [0, 0.1) is 5.92 Å². The summed E-state index contributed by atoms with van der Waals surface area (Å²) in [6.07, 6.45) is 4.18. The normalized spacial score (nSPS) is 19.0. The fourth-order valence-corrected chi connectivity index (χ4v) is 4.30. The minimum absolute atomic E-state index is 0.0427. The van der Waals surface area contributed by atoms with Gasteiger partial charge in [0, 0.05) is 48.2 Å². The monoisotopic (exact) mass is 426 g/mol. The molecule has 0 N–H and O–H groups in total. The molecule has 0 aromatic heterocycles. The molecule has 0 spiro atoms. The molecule has 0 aliphatic carbocycles. The second-order valence-corrected chi connectivity index (χ2v) is 8.54. The number of piperidine rings is 1. The van der Waals surface area contributed by atoms with Crippen LogP contribution in [0.15, 0.2) is 48.5 Å². The molecule has 2 aromatic carbocycles.